The lowest BCUT2D eigenvalue weighted by molar-refractivity contribution is -0.387. The number of aliphatic carboxylic acids is 1. The van der Waals surface area contributed by atoms with E-state index in [0.29, 0.717) is 0 Å². The van der Waals surface area contributed by atoms with Crippen LogP contribution in [0, 0.1) is 10.1 Å². The first-order valence-corrected chi connectivity index (χ1v) is 7.41. The lowest BCUT2D eigenvalue weighted by Crippen LogP contribution is -2.35. The van der Waals surface area contributed by atoms with Crippen LogP contribution in [-0.2, 0) is 9.59 Å². The van der Waals surface area contributed by atoms with Gasteiger partial charge in [0, 0.05) is 17.7 Å². The lowest BCUT2D eigenvalue weighted by Gasteiger charge is -2.11. The van der Waals surface area contributed by atoms with Gasteiger partial charge in [-0.1, -0.05) is 0 Å². The first-order valence-electron chi connectivity index (χ1n) is 6.43. The van der Waals surface area contributed by atoms with E-state index in [0.717, 1.165) is 17.8 Å². The molecule has 10 heteroatoms. The van der Waals surface area contributed by atoms with E-state index in [4.69, 9.17) is 10.8 Å². The molecular formula is C13H15N3O6S. The molecule has 0 heterocycles. The van der Waals surface area contributed by atoms with E-state index in [-0.39, 0.29) is 28.3 Å². The molecule has 0 spiro atoms. The first-order chi connectivity index (χ1) is 10.7. The molecule has 1 aromatic rings. The van der Waals surface area contributed by atoms with Crippen molar-refractivity contribution in [1.82, 2.24) is 5.32 Å². The van der Waals surface area contributed by atoms with E-state index in [9.17, 15) is 24.5 Å². The fourth-order valence-electron chi connectivity index (χ4n) is 1.71. The van der Waals surface area contributed by atoms with Gasteiger partial charge >= 0.3 is 5.97 Å². The molecule has 0 aliphatic rings. The molecule has 9 nitrogen and oxygen atoms in total. The number of carboxylic acids is 1. The summed E-state index contributed by atoms with van der Waals surface area (Å²) in [6.07, 6.45) is -0.218. The molecule has 1 unspecified atom stereocenters. The molecule has 2 amide bonds. The molecule has 124 valence electrons. The zero-order valence-electron chi connectivity index (χ0n) is 12.1. The minimum atomic E-state index is -1.04. The van der Waals surface area contributed by atoms with Crippen molar-refractivity contribution in [3.8, 4) is 0 Å². The fraction of sp³-hybridized carbons (Fsp3) is 0.308. The van der Waals surface area contributed by atoms with E-state index < -0.39 is 28.7 Å². The average molecular weight is 341 g/mol. The lowest BCUT2D eigenvalue weighted by atomic mass is 10.2. The van der Waals surface area contributed by atoms with Crippen molar-refractivity contribution in [3.05, 3.63) is 33.9 Å². The Bertz CT molecular complexity index is 649. The third-order valence-electron chi connectivity index (χ3n) is 2.69. The van der Waals surface area contributed by atoms with Crippen molar-refractivity contribution in [2.24, 2.45) is 5.73 Å². The second-order valence-corrected chi connectivity index (χ2v) is 5.68. The minimum absolute atomic E-state index is 0.000539. The highest BCUT2D eigenvalue weighted by Gasteiger charge is 2.18. The van der Waals surface area contributed by atoms with Crippen molar-refractivity contribution in [3.63, 3.8) is 0 Å². The van der Waals surface area contributed by atoms with Crippen LogP contribution < -0.4 is 11.1 Å². The zero-order chi connectivity index (χ0) is 17.6. The van der Waals surface area contributed by atoms with Crippen molar-refractivity contribution in [2.45, 2.75) is 24.3 Å². The number of nitrogens with two attached hydrogens (primary N) is 1. The third-order valence-corrected chi connectivity index (χ3v) is 3.75. The molecule has 4 N–H and O–H groups in total. The molecule has 23 heavy (non-hydrogen) atoms. The smallest absolute Gasteiger partial charge is 0.305 e. The highest BCUT2D eigenvalue weighted by Crippen LogP contribution is 2.29. The van der Waals surface area contributed by atoms with Gasteiger partial charge < -0.3 is 16.2 Å². The van der Waals surface area contributed by atoms with Gasteiger partial charge in [-0.25, -0.2) is 0 Å². The number of nitrogens with zero attached hydrogens (tertiary/aromatic N) is 1. The first kappa shape index (κ1) is 18.4. The largest absolute Gasteiger partial charge is 0.481 e. The second-order valence-electron chi connectivity index (χ2n) is 4.66. The maximum absolute atomic E-state index is 11.7. The number of nitrogens with one attached hydrogen (secondary N) is 1. The van der Waals surface area contributed by atoms with Crippen molar-refractivity contribution >= 4 is 35.2 Å². The van der Waals surface area contributed by atoms with Crippen LogP contribution in [0.15, 0.2) is 23.1 Å². The number of benzene rings is 1. The molecule has 0 saturated carbocycles. The second kappa shape index (κ2) is 8.13. The standard InChI is InChI=1S/C13H15N3O6S/c1-7(4-12(18)19)15-11(17)6-23-10-3-2-8(13(14)20)5-9(10)16(21)22/h2-3,5,7H,4,6H2,1H3,(H2,14,20)(H,15,17)(H,18,19). The van der Waals surface area contributed by atoms with Gasteiger partial charge in [-0.2, -0.15) is 0 Å². The van der Waals surface area contributed by atoms with Crippen LogP contribution >= 0.6 is 11.8 Å². The van der Waals surface area contributed by atoms with Gasteiger partial charge in [-0.05, 0) is 19.1 Å². The summed E-state index contributed by atoms with van der Waals surface area (Å²) in [5.41, 5.74) is 4.75. The molecule has 1 aromatic carbocycles. The minimum Gasteiger partial charge on any atom is -0.481 e. The van der Waals surface area contributed by atoms with Crippen LogP contribution in [0.1, 0.15) is 23.7 Å². The number of carboxylic acid groups (broad SMARTS) is 1. The summed E-state index contributed by atoms with van der Waals surface area (Å²) >= 11 is 0.912. The predicted molar refractivity (Wildman–Crippen MR) is 82.2 cm³/mol. The summed E-state index contributed by atoms with van der Waals surface area (Å²) in [5, 5.41) is 22.1. The molecule has 0 saturated heterocycles. The number of nitro benzene ring substituents is 1. The Hall–Kier alpha value is -2.62. The number of thioether (sulfide) groups is 1. The normalized spacial score (nSPS) is 11.5. The number of rotatable bonds is 8. The van der Waals surface area contributed by atoms with Gasteiger partial charge in [-0.3, -0.25) is 24.5 Å². The summed E-state index contributed by atoms with van der Waals surface area (Å²) in [6.45, 7) is 1.54. The molecule has 0 radical (unpaired) electrons. The van der Waals surface area contributed by atoms with E-state index in [1.165, 1.54) is 12.1 Å². The van der Waals surface area contributed by atoms with Crippen molar-refractivity contribution in [1.29, 1.82) is 0 Å². The molecular weight excluding hydrogens is 326 g/mol. The Morgan fingerprint density at radius 2 is 2.09 bits per heavy atom. The third kappa shape index (κ3) is 5.94. The van der Waals surface area contributed by atoms with Gasteiger partial charge in [0.25, 0.3) is 5.69 Å². The molecule has 1 rings (SSSR count). The van der Waals surface area contributed by atoms with E-state index in [1.807, 2.05) is 0 Å². The summed E-state index contributed by atoms with van der Waals surface area (Å²) in [5.74, 6) is -2.40. The number of primary amides is 1. The number of nitro groups is 1. The molecule has 0 aliphatic heterocycles. The summed E-state index contributed by atoms with van der Waals surface area (Å²) in [7, 11) is 0. The Morgan fingerprint density at radius 1 is 1.43 bits per heavy atom. The van der Waals surface area contributed by atoms with Crippen LogP contribution in [0.2, 0.25) is 0 Å². The van der Waals surface area contributed by atoms with Gasteiger partial charge in [-0.15, -0.1) is 11.8 Å². The predicted octanol–water partition coefficient (Wildman–Crippen LogP) is 0.765. The molecule has 0 aliphatic carbocycles. The summed E-state index contributed by atoms with van der Waals surface area (Å²) < 4.78 is 0. The molecule has 0 fully saturated rings. The van der Waals surface area contributed by atoms with Crippen LogP contribution in [0.4, 0.5) is 5.69 Å². The SMILES string of the molecule is CC(CC(=O)O)NC(=O)CSc1ccc(C(N)=O)cc1[N+](=O)[O-]. The topological polar surface area (TPSA) is 153 Å². The Kier molecular flexibility index (Phi) is 6.51. The molecule has 0 aromatic heterocycles. The monoisotopic (exact) mass is 341 g/mol. The number of hydrogen-bond donors (Lipinski definition) is 3. The van der Waals surface area contributed by atoms with Crippen LogP contribution in [0.5, 0.6) is 0 Å². The zero-order valence-corrected chi connectivity index (χ0v) is 13.0. The Balaban J connectivity index is 2.73. The number of amides is 2. The van der Waals surface area contributed by atoms with Crippen LogP contribution in [0.25, 0.3) is 0 Å². The fourth-order valence-corrected chi connectivity index (χ4v) is 2.52. The summed E-state index contributed by atoms with van der Waals surface area (Å²) in [4.78, 5) is 43.8. The van der Waals surface area contributed by atoms with Gasteiger partial charge in [0.2, 0.25) is 11.8 Å². The Morgan fingerprint density at radius 3 is 2.61 bits per heavy atom. The maximum Gasteiger partial charge on any atom is 0.305 e. The number of hydrogen-bond acceptors (Lipinski definition) is 6. The summed E-state index contributed by atoms with van der Waals surface area (Å²) in [6, 6.07) is 3.18. The highest BCUT2D eigenvalue weighted by atomic mass is 32.2. The molecule has 1 atom stereocenters. The van der Waals surface area contributed by atoms with E-state index in [2.05, 4.69) is 5.32 Å². The van der Waals surface area contributed by atoms with Crippen molar-refractivity contribution in [2.75, 3.05) is 5.75 Å². The van der Waals surface area contributed by atoms with Crippen molar-refractivity contribution < 1.29 is 24.4 Å². The number of carbonyl (C=O) groups is 3. The van der Waals surface area contributed by atoms with E-state index in [1.54, 1.807) is 6.92 Å². The Labute approximate surface area is 135 Å². The highest BCUT2D eigenvalue weighted by molar-refractivity contribution is 8.00. The number of carbonyl (C=O) groups excluding carboxylic acids is 2. The molecule has 0 bridgehead atoms. The quantitative estimate of drug-likeness (QED) is 0.358. The average Bonchev–Trinajstić information content (AvgIpc) is 2.43. The van der Waals surface area contributed by atoms with Gasteiger partial charge in [0.05, 0.1) is 22.0 Å². The maximum atomic E-state index is 11.7. The van der Waals surface area contributed by atoms with Gasteiger partial charge in [0.1, 0.15) is 0 Å². The van der Waals surface area contributed by atoms with Crippen LogP contribution in [0.3, 0.4) is 0 Å². The van der Waals surface area contributed by atoms with Crippen LogP contribution in [-0.4, -0.2) is 39.6 Å². The van der Waals surface area contributed by atoms with E-state index >= 15 is 0 Å². The van der Waals surface area contributed by atoms with Gasteiger partial charge in [0.15, 0.2) is 0 Å².